The molecule has 3 nitrogen and oxygen atoms in total. The Morgan fingerprint density at radius 2 is 2.33 bits per heavy atom. The zero-order chi connectivity index (χ0) is 13.3. The lowest BCUT2D eigenvalue weighted by atomic mass is 9.95. The van der Waals surface area contributed by atoms with E-state index in [1.807, 2.05) is 0 Å². The van der Waals surface area contributed by atoms with Gasteiger partial charge in [0.2, 0.25) is 0 Å². The van der Waals surface area contributed by atoms with Crippen LogP contribution >= 0.6 is 11.6 Å². The van der Waals surface area contributed by atoms with E-state index in [9.17, 15) is 9.18 Å². The van der Waals surface area contributed by atoms with Crippen molar-refractivity contribution < 1.29 is 13.9 Å². The highest BCUT2D eigenvalue weighted by Crippen LogP contribution is 2.44. The van der Waals surface area contributed by atoms with E-state index < -0.39 is 11.7 Å². The Labute approximate surface area is 110 Å². The van der Waals surface area contributed by atoms with E-state index in [1.165, 1.54) is 0 Å². The standard InChI is InChI=1S/C13H15ClFNO2/c1-3-18-13(17)10(8-4-5-8)12-7(2)11(14)9(15)6-16-12/h6,8,10H,3-5H2,1-2H3. The molecule has 0 spiro atoms. The lowest BCUT2D eigenvalue weighted by Crippen LogP contribution is -2.20. The van der Waals surface area contributed by atoms with Crippen molar-refractivity contribution in [3.63, 3.8) is 0 Å². The summed E-state index contributed by atoms with van der Waals surface area (Å²) < 4.78 is 18.3. The largest absolute Gasteiger partial charge is 0.465 e. The van der Waals surface area contributed by atoms with Gasteiger partial charge < -0.3 is 4.74 Å². The average Bonchev–Trinajstić information content (AvgIpc) is 3.14. The SMILES string of the molecule is CCOC(=O)C(c1ncc(F)c(Cl)c1C)C1CC1. The Kier molecular flexibility index (Phi) is 3.85. The smallest absolute Gasteiger partial charge is 0.315 e. The molecule has 0 bridgehead atoms. The number of esters is 1. The third-order valence-electron chi connectivity index (χ3n) is 3.17. The van der Waals surface area contributed by atoms with Crippen molar-refractivity contribution in [3.8, 4) is 0 Å². The van der Waals surface area contributed by atoms with Crippen LogP contribution in [0.25, 0.3) is 0 Å². The van der Waals surface area contributed by atoms with Gasteiger partial charge in [-0.3, -0.25) is 9.78 Å². The Balaban J connectivity index is 2.37. The van der Waals surface area contributed by atoms with Crippen LogP contribution in [-0.4, -0.2) is 17.6 Å². The molecule has 1 fully saturated rings. The predicted octanol–water partition coefficient (Wildman–Crippen LogP) is 3.24. The van der Waals surface area contributed by atoms with E-state index in [1.54, 1.807) is 13.8 Å². The van der Waals surface area contributed by atoms with Crippen molar-refractivity contribution in [1.29, 1.82) is 0 Å². The fourth-order valence-electron chi connectivity index (χ4n) is 2.07. The van der Waals surface area contributed by atoms with Gasteiger partial charge in [0.25, 0.3) is 0 Å². The maximum Gasteiger partial charge on any atom is 0.315 e. The molecule has 0 aliphatic heterocycles. The molecule has 1 saturated carbocycles. The Morgan fingerprint density at radius 3 is 2.89 bits per heavy atom. The van der Waals surface area contributed by atoms with Gasteiger partial charge in [0.15, 0.2) is 5.82 Å². The van der Waals surface area contributed by atoms with Crippen LogP contribution in [0.2, 0.25) is 5.02 Å². The molecule has 5 heteroatoms. The van der Waals surface area contributed by atoms with Crippen molar-refractivity contribution in [2.75, 3.05) is 6.61 Å². The summed E-state index contributed by atoms with van der Waals surface area (Å²) in [5, 5.41) is 0.0370. The van der Waals surface area contributed by atoms with Crippen molar-refractivity contribution in [2.45, 2.75) is 32.6 Å². The summed E-state index contributed by atoms with van der Waals surface area (Å²) in [6, 6.07) is 0. The Hall–Kier alpha value is -1.16. The number of nitrogens with zero attached hydrogens (tertiary/aromatic N) is 1. The Bertz CT molecular complexity index is 474. The van der Waals surface area contributed by atoms with Gasteiger partial charge in [-0.1, -0.05) is 11.6 Å². The van der Waals surface area contributed by atoms with Crippen molar-refractivity contribution in [1.82, 2.24) is 4.98 Å². The first-order chi connectivity index (χ1) is 8.56. The van der Waals surface area contributed by atoms with E-state index in [0.717, 1.165) is 19.0 Å². The van der Waals surface area contributed by atoms with Gasteiger partial charge in [-0.2, -0.15) is 0 Å². The van der Waals surface area contributed by atoms with Gasteiger partial charge in [0.1, 0.15) is 5.92 Å². The van der Waals surface area contributed by atoms with Gasteiger partial charge in [0, 0.05) is 0 Å². The molecule has 0 amide bonds. The monoisotopic (exact) mass is 271 g/mol. The second-order valence-corrected chi connectivity index (χ2v) is 4.88. The summed E-state index contributed by atoms with van der Waals surface area (Å²) in [5.41, 5.74) is 1.07. The molecule has 1 aliphatic rings. The molecular formula is C13H15ClFNO2. The second-order valence-electron chi connectivity index (χ2n) is 4.50. The minimum absolute atomic E-state index is 0.0370. The summed E-state index contributed by atoms with van der Waals surface area (Å²) in [6.07, 6.45) is 3.01. The van der Waals surface area contributed by atoms with Gasteiger partial charge in [0.05, 0.1) is 23.5 Å². The van der Waals surface area contributed by atoms with E-state index >= 15 is 0 Å². The summed E-state index contributed by atoms with van der Waals surface area (Å²) in [7, 11) is 0. The molecule has 0 N–H and O–H groups in total. The molecule has 0 aromatic carbocycles. The molecule has 1 unspecified atom stereocenters. The Morgan fingerprint density at radius 1 is 1.67 bits per heavy atom. The summed E-state index contributed by atoms with van der Waals surface area (Å²) in [6.45, 7) is 3.78. The minimum Gasteiger partial charge on any atom is -0.465 e. The fourth-order valence-corrected chi connectivity index (χ4v) is 2.22. The molecule has 1 heterocycles. The van der Waals surface area contributed by atoms with Crippen LogP contribution in [-0.2, 0) is 9.53 Å². The highest BCUT2D eigenvalue weighted by Gasteiger charge is 2.40. The molecule has 1 atom stereocenters. The average molecular weight is 272 g/mol. The number of aromatic nitrogens is 1. The number of pyridine rings is 1. The van der Waals surface area contributed by atoms with Gasteiger partial charge in [-0.25, -0.2) is 4.39 Å². The van der Waals surface area contributed by atoms with Crippen LogP contribution in [0.1, 0.15) is 36.9 Å². The van der Waals surface area contributed by atoms with Crippen LogP contribution < -0.4 is 0 Å². The maximum absolute atomic E-state index is 13.3. The zero-order valence-electron chi connectivity index (χ0n) is 10.4. The van der Waals surface area contributed by atoms with Gasteiger partial charge in [-0.15, -0.1) is 0 Å². The van der Waals surface area contributed by atoms with E-state index in [-0.39, 0.29) is 16.9 Å². The quantitative estimate of drug-likeness (QED) is 0.789. The molecule has 98 valence electrons. The number of hydrogen-bond donors (Lipinski definition) is 0. The molecule has 0 saturated heterocycles. The van der Waals surface area contributed by atoms with Gasteiger partial charge >= 0.3 is 5.97 Å². The van der Waals surface area contributed by atoms with E-state index in [4.69, 9.17) is 16.3 Å². The van der Waals surface area contributed by atoms with Crippen molar-refractivity contribution in [3.05, 3.63) is 28.3 Å². The number of rotatable bonds is 4. The maximum atomic E-state index is 13.3. The molecule has 0 radical (unpaired) electrons. The summed E-state index contributed by atoms with van der Waals surface area (Å²) in [4.78, 5) is 16.0. The molecule has 1 aromatic heterocycles. The molecule has 18 heavy (non-hydrogen) atoms. The van der Waals surface area contributed by atoms with E-state index in [2.05, 4.69) is 4.98 Å². The summed E-state index contributed by atoms with van der Waals surface area (Å²) >= 11 is 5.87. The number of halogens is 2. The predicted molar refractivity (Wildman–Crippen MR) is 66.0 cm³/mol. The zero-order valence-corrected chi connectivity index (χ0v) is 11.1. The summed E-state index contributed by atoms with van der Waals surface area (Å²) in [5.74, 6) is -1.02. The first kappa shape index (κ1) is 13.3. The van der Waals surface area contributed by atoms with Crippen LogP contribution in [0.4, 0.5) is 4.39 Å². The highest BCUT2D eigenvalue weighted by atomic mass is 35.5. The first-order valence-corrected chi connectivity index (χ1v) is 6.41. The van der Waals surface area contributed by atoms with Crippen LogP contribution in [0.3, 0.4) is 0 Å². The second kappa shape index (κ2) is 5.22. The van der Waals surface area contributed by atoms with Crippen molar-refractivity contribution >= 4 is 17.6 Å². The lowest BCUT2D eigenvalue weighted by molar-refractivity contribution is -0.145. The third kappa shape index (κ3) is 2.48. The number of carbonyl (C=O) groups excluding carboxylic acids is 1. The number of carbonyl (C=O) groups is 1. The topological polar surface area (TPSA) is 39.2 Å². The lowest BCUT2D eigenvalue weighted by Gasteiger charge is -2.17. The molecule has 2 rings (SSSR count). The van der Waals surface area contributed by atoms with Crippen LogP contribution in [0.5, 0.6) is 0 Å². The fraction of sp³-hybridized carbons (Fsp3) is 0.538. The minimum atomic E-state index is -0.559. The number of ether oxygens (including phenoxy) is 1. The van der Waals surface area contributed by atoms with Crippen LogP contribution in [0, 0.1) is 18.7 Å². The molecule has 1 aromatic rings. The third-order valence-corrected chi connectivity index (χ3v) is 3.63. The van der Waals surface area contributed by atoms with Gasteiger partial charge in [-0.05, 0) is 38.2 Å². The van der Waals surface area contributed by atoms with Crippen molar-refractivity contribution in [2.24, 2.45) is 5.92 Å². The highest BCUT2D eigenvalue weighted by molar-refractivity contribution is 6.31. The molecule has 1 aliphatic carbocycles. The normalized spacial score (nSPS) is 16.4. The first-order valence-electron chi connectivity index (χ1n) is 6.03. The van der Waals surface area contributed by atoms with Crippen LogP contribution in [0.15, 0.2) is 6.20 Å². The van der Waals surface area contributed by atoms with E-state index in [0.29, 0.717) is 17.9 Å². The molecular weight excluding hydrogens is 257 g/mol. The number of hydrogen-bond acceptors (Lipinski definition) is 3.